The predicted molar refractivity (Wildman–Crippen MR) is 80.2 cm³/mol. The molecule has 0 aliphatic rings. The average Bonchev–Trinajstić information content (AvgIpc) is 2.49. The van der Waals surface area contributed by atoms with Gasteiger partial charge in [-0.2, -0.15) is 0 Å². The van der Waals surface area contributed by atoms with E-state index in [0.29, 0.717) is 0 Å². The lowest BCUT2D eigenvalue weighted by Crippen LogP contribution is -1.95. The van der Waals surface area contributed by atoms with Gasteiger partial charge < -0.3 is 0 Å². The summed E-state index contributed by atoms with van der Waals surface area (Å²) < 4.78 is 0. The minimum atomic E-state index is -0.403. The molecule has 1 atom stereocenters. The van der Waals surface area contributed by atoms with Crippen LogP contribution >= 0.6 is 0 Å². The summed E-state index contributed by atoms with van der Waals surface area (Å²) in [5, 5.41) is 10.6. The number of nitrogens with zero attached hydrogens (tertiary/aromatic N) is 2. The highest BCUT2D eigenvalue weighted by Gasteiger charge is 2.06. The van der Waals surface area contributed by atoms with Crippen LogP contribution in [0.5, 0.6) is 0 Å². The lowest BCUT2D eigenvalue weighted by atomic mass is 10.1. The summed E-state index contributed by atoms with van der Waals surface area (Å²) in [5.74, 6) is 0. The first-order valence-electron chi connectivity index (χ1n) is 6.53. The molecule has 102 valence electrons. The van der Waals surface area contributed by atoms with E-state index in [9.17, 15) is 10.1 Å². The third-order valence-electron chi connectivity index (χ3n) is 3.08. The van der Waals surface area contributed by atoms with Crippen molar-refractivity contribution in [3.8, 4) is 0 Å². The van der Waals surface area contributed by atoms with Gasteiger partial charge in [0, 0.05) is 18.3 Å². The zero-order valence-corrected chi connectivity index (χ0v) is 11.3. The van der Waals surface area contributed by atoms with Crippen molar-refractivity contribution in [3.05, 3.63) is 75.8 Å². The Hall–Kier alpha value is -2.49. The number of rotatable bonds is 5. The molecule has 4 heteroatoms. The van der Waals surface area contributed by atoms with Gasteiger partial charge in [0.2, 0.25) is 0 Å². The Morgan fingerprint density at radius 3 is 2.35 bits per heavy atom. The molecule has 0 radical (unpaired) electrons. The van der Waals surface area contributed by atoms with Crippen molar-refractivity contribution < 1.29 is 4.92 Å². The smallest absolute Gasteiger partial charge is 0.269 e. The van der Waals surface area contributed by atoms with Crippen molar-refractivity contribution >= 4 is 11.9 Å². The topological polar surface area (TPSA) is 55.5 Å². The number of benzene rings is 2. The average molecular weight is 268 g/mol. The molecule has 0 aliphatic carbocycles. The summed E-state index contributed by atoms with van der Waals surface area (Å²) in [4.78, 5) is 14.7. The number of hydrogen-bond acceptors (Lipinski definition) is 3. The van der Waals surface area contributed by atoms with Crippen LogP contribution < -0.4 is 0 Å². The standard InChI is InChI=1S/C16H16N2O2/c1-2-16(14-6-4-3-5-7-14)17-12-13-8-10-15(11-9-13)18(19)20/h3-12,16H,2H2,1H3/t16-/m0/s1. The molecule has 0 saturated carbocycles. The van der Waals surface area contributed by atoms with E-state index in [4.69, 9.17) is 0 Å². The second-order valence-corrected chi connectivity index (χ2v) is 4.46. The zero-order chi connectivity index (χ0) is 14.4. The molecule has 0 heterocycles. The Balaban J connectivity index is 2.13. The summed E-state index contributed by atoms with van der Waals surface area (Å²) in [6, 6.07) is 16.6. The molecule has 4 nitrogen and oxygen atoms in total. The van der Waals surface area contributed by atoms with Gasteiger partial charge in [-0.3, -0.25) is 15.1 Å². The fourth-order valence-corrected chi connectivity index (χ4v) is 1.96. The zero-order valence-electron chi connectivity index (χ0n) is 11.3. The maximum absolute atomic E-state index is 10.6. The van der Waals surface area contributed by atoms with E-state index in [1.54, 1.807) is 18.3 Å². The van der Waals surface area contributed by atoms with E-state index >= 15 is 0 Å². The Bertz CT molecular complexity index is 592. The normalized spacial score (nSPS) is 12.4. The third-order valence-corrected chi connectivity index (χ3v) is 3.08. The van der Waals surface area contributed by atoms with E-state index in [0.717, 1.165) is 12.0 Å². The van der Waals surface area contributed by atoms with Gasteiger partial charge in [0.25, 0.3) is 5.69 Å². The molecule has 2 aromatic carbocycles. The number of hydrogen-bond donors (Lipinski definition) is 0. The van der Waals surface area contributed by atoms with E-state index < -0.39 is 4.92 Å². The van der Waals surface area contributed by atoms with Crippen LogP contribution in [0.15, 0.2) is 59.6 Å². The molecule has 0 amide bonds. The fraction of sp³-hybridized carbons (Fsp3) is 0.188. The predicted octanol–water partition coefficient (Wildman–Crippen LogP) is 4.17. The second-order valence-electron chi connectivity index (χ2n) is 4.46. The minimum absolute atomic E-state index is 0.0947. The maximum Gasteiger partial charge on any atom is 0.269 e. The second kappa shape index (κ2) is 6.61. The Kier molecular flexibility index (Phi) is 4.60. The first-order valence-corrected chi connectivity index (χ1v) is 6.53. The van der Waals surface area contributed by atoms with Crippen molar-refractivity contribution in [3.63, 3.8) is 0 Å². The van der Waals surface area contributed by atoms with E-state index in [1.165, 1.54) is 17.7 Å². The van der Waals surface area contributed by atoms with Crippen molar-refractivity contribution in [2.75, 3.05) is 0 Å². The van der Waals surface area contributed by atoms with Crippen LogP contribution in [-0.4, -0.2) is 11.1 Å². The molecule has 2 aromatic rings. The van der Waals surface area contributed by atoms with Crippen LogP contribution in [0.2, 0.25) is 0 Å². The summed E-state index contributed by atoms with van der Waals surface area (Å²) in [6.45, 7) is 2.09. The van der Waals surface area contributed by atoms with Crippen molar-refractivity contribution in [1.29, 1.82) is 0 Å². The van der Waals surface area contributed by atoms with Gasteiger partial charge in [0.15, 0.2) is 0 Å². The molecule has 0 fully saturated rings. The van der Waals surface area contributed by atoms with Crippen molar-refractivity contribution in [1.82, 2.24) is 0 Å². The van der Waals surface area contributed by atoms with Crippen LogP contribution in [-0.2, 0) is 0 Å². The van der Waals surface area contributed by atoms with E-state index in [-0.39, 0.29) is 11.7 Å². The molecule has 0 aliphatic heterocycles. The lowest BCUT2D eigenvalue weighted by molar-refractivity contribution is -0.384. The molecule has 20 heavy (non-hydrogen) atoms. The minimum Gasteiger partial charge on any atom is -0.284 e. The highest BCUT2D eigenvalue weighted by molar-refractivity contribution is 5.80. The molecule has 0 aromatic heterocycles. The van der Waals surface area contributed by atoms with Gasteiger partial charge in [-0.1, -0.05) is 37.3 Å². The van der Waals surface area contributed by atoms with Gasteiger partial charge in [-0.15, -0.1) is 0 Å². The van der Waals surface area contributed by atoms with Gasteiger partial charge in [0.05, 0.1) is 11.0 Å². The van der Waals surface area contributed by atoms with Crippen LogP contribution in [0, 0.1) is 10.1 Å². The number of non-ortho nitro benzene ring substituents is 1. The molecule has 0 bridgehead atoms. The van der Waals surface area contributed by atoms with Crippen molar-refractivity contribution in [2.24, 2.45) is 4.99 Å². The Morgan fingerprint density at radius 2 is 1.80 bits per heavy atom. The largest absolute Gasteiger partial charge is 0.284 e. The number of nitro benzene ring substituents is 1. The maximum atomic E-state index is 10.6. The molecular formula is C16H16N2O2. The van der Waals surface area contributed by atoms with Crippen LogP contribution in [0.3, 0.4) is 0 Å². The monoisotopic (exact) mass is 268 g/mol. The van der Waals surface area contributed by atoms with Crippen LogP contribution in [0.1, 0.15) is 30.5 Å². The van der Waals surface area contributed by atoms with E-state index in [1.807, 2.05) is 18.2 Å². The molecular weight excluding hydrogens is 252 g/mol. The summed E-state index contributed by atoms with van der Waals surface area (Å²) in [7, 11) is 0. The lowest BCUT2D eigenvalue weighted by Gasteiger charge is -2.09. The summed E-state index contributed by atoms with van der Waals surface area (Å²) in [6.07, 6.45) is 2.68. The fourth-order valence-electron chi connectivity index (χ4n) is 1.96. The SMILES string of the molecule is CC[C@H](N=Cc1ccc([N+](=O)[O-])cc1)c1ccccc1. The number of aliphatic imine (C=N–C) groups is 1. The third kappa shape index (κ3) is 3.51. The first kappa shape index (κ1) is 13.9. The molecule has 2 rings (SSSR count). The molecule has 0 N–H and O–H groups in total. The Labute approximate surface area is 117 Å². The van der Waals surface area contributed by atoms with Gasteiger partial charge in [-0.25, -0.2) is 0 Å². The first-order chi connectivity index (χ1) is 9.70. The molecule has 0 unspecified atom stereocenters. The molecule has 0 saturated heterocycles. The quantitative estimate of drug-likeness (QED) is 0.464. The number of nitro groups is 1. The highest BCUT2D eigenvalue weighted by Crippen LogP contribution is 2.20. The van der Waals surface area contributed by atoms with Gasteiger partial charge in [-0.05, 0) is 29.7 Å². The van der Waals surface area contributed by atoms with Crippen molar-refractivity contribution in [2.45, 2.75) is 19.4 Å². The van der Waals surface area contributed by atoms with Crippen LogP contribution in [0.4, 0.5) is 5.69 Å². The van der Waals surface area contributed by atoms with E-state index in [2.05, 4.69) is 24.0 Å². The van der Waals surface area contributed by atoms with Crippen LogP contribution in [0.25, 0.3) is 0 Å². The molecule has 0 spiro atoms. The Morgan fingerprint density at radius 1 is 1.15 bits per heavy atom. The summed E-state index contributed by atoms with van der Waals surface area (Å²) >= 11 is 0. The summed E-state index contributed by atoms with van der Waals surface area (Å²) in [5.41, 5.74) is 2.13. The van der Waals surface area contributed by atoms with Gasteiger partial charge in [0.1, 0.15) is 0 Å². The van der Waals surface area contributed by atoms with Gasteiger partial charge >= 0.3 is 0 Å². The highest BCUT2D eigenvalue weighted by atomic mass is 16.6.